The standard InChI is InChI=1S/C14H20N2O2/c1-10(11-2-6-13(17)7-3-11)15-9-8-14(18)16-12-4-5-12/h2-3,6-7,10,12,15,17H,4-5,8-9H2,1H3,(H,16,18). The molecule has 18 heavy (non-hydrogen) atoms. The summed E-state index contributed by atoms with van der Waals surface area (Å²) in [5.41, 5.74) is 1.11. The van der Waals surface area contributed by atoms with E-state index in [1.807, 2.05) is 19.1 Å². The van der Waals surface area contributed by atoms with Crippen LogP contribution in [-0.2, 0) is 4.79 Å². The van der Waals surface area contributed by atoms with Crippen LogP contribution in [0, 0.1) is 0 Å². The molecule has 0 saturated heterocycles. The number of hydrogen-bond acceptors (Lipinski definition) is 3. The topological polar surface area (TPSA) is 61.4 Å². The highest BCUT2D eigenvalue weighted by Gasteiger charge is 2.22. The lowest BCUT2D eigenvalue weighted by Crippen LogP contribution is -2.30. The largest absolute Gasteiger partial charge is 0.508 e. The maximum Gasteiger partial charge on any atom is 0.221 e. The van der Waals surface area contributed by atoms with Crippen LogP contribution in [0.3, 0.4) is 0 Å². The first-order valence-electron chi connectivity index (χ1n) is 6.47. The number of phenols is 1. The van der Waals surface area contributed by atoms with Gasteiger partial charge in [0.05, 0.1) is 0 Å². The van der Waals surface area contributed by atoms with Gasteiger partial charge in [-0.3, -0.25) is 4.79 Å². The highest BCUT2D eigenvalue weighted by atomic mass is 16.3. The van der Waals surface area contributed by atoms with E-state index in [2.05, 4.69) is 10.6 Å². The van der Waals surface area contributed by atoms with Crippen molar-refractivity contribution in [3.63, 3.8) is 0 Å². The van der Waals surface area contributed by atoms with Crippen molar-refractivity contribution in [2.24, 2.45) is 0 Å². The second-order valence-electron chi connectivity index (χ2n) is 4.86. The van der Waals surface area contributed by atoms with E-state index in [0.717, 1.165) is 18.4 Å². The Bertz CT molecular complexity index is 399. The Morgan fingerprint density at radius 1 is 1.39 bits per heavy atom. The molecule has 1 aliphatic carbocycles. The molecule has 1 fully saturated rings. The predicted molar refractivity (Wildman–Crippen MR) is 70.3 cm³/mol. The van der Waals surface area contributed by atoms with E-state index < -0.39 is 0 Å². The Hall–Kier alpha value is -1.55. The second kappa shape index (κ2) is 5.87. The van der Waals surface area contributed by atoms with Gasteiger partial charge in [-0.1, -0.05) is 12.1 Å². The number of nitrogens with one attached hydrogen (secondary N) is 2. The van der Waals surface area contributed by atoms with Gasteiger partial charge in [-0.15, -0.1) is 0 Å². The first-order valence-corrected chi connectivity index (χ1v) is 6.47. The summed E-state index contributed by atoms with van der Waals surface area (Å²) in [5.74, 6) is 0.401. The molecule has 1 aliphatic rings. The van der Waals surface area contributed by atoms with Crippen molar-refractivity contribution >= 4 is 5.91 Å². The summed E-state index contributed by atoms with van der Waals surface area (Å²) < 4.78 is 0. The van der Waals surface area contributed by atoms with Crippen LogP contribution in [0.15, 0.2) is 24.3 Å². The highest BCUT2D eigenvalue weighted by molar-refractivity contribution is 5.76. The number of amides is 1. The molecule has 1 aromatic rings. The Balaban J connectivity index is 1.68. The zero-order valence-electron chi connectivity index (χ0n) is 10.6. The normalized spacial score (nSPS) is 16.3. The predicted octanol–water partition coefficient (Wildman–Crippen LogP) is 1.71. The van der Waals surface area contributed by atoms with Crippen LogP contribution in [-0.4, -0.2) is 23.6 Å². The van der Waals surface area contributed by atoms with Gasteiger partial charge >= 0.3 is 0 Å². The fourth-order valence-corrected chi connectivity index (χ4v) is 1.81. The van der Waals surface area contributed by atoms with Crippen LogP contribution >= 0.6 is 0 Å². The molecule has 2 rings (SSSR count). The average molecular weight is 248 g/mol. The molecule has 1 amide bonds. The summed E-state index contributed by atoms with van der Waals surface area (Å²) in [7, 11) is 0. The molecule has 3 N–H and O–H groups in total. The Morgan fingerprint density at radius 2 is 2.06 bits per heavy atom. The molecular formula is C14H20N2O2. The summed E-state index contributed by atoms with van der Waals surface area (Å²) in [6.07, 6.45) is 2.77. The number of carbonyl (C=O) groups is 1. The first-order chi connectivity index (χ1) is 8.65. The fourth-order valence-electron chi connectivity index (χ4n) is 1.81. The minimum Gasteiger partial charge on any atom is -0.508 e. The molecule has 0 heterocycles. The highest BCUT2D eigenvalue weighted by Crippen LogP contribution is 2.18. The number of phenolic OH excluding ortho intramolecular Hbond substituents is 1. The van der Waals surface area contributed by atoms with E-state index in [0.29, 0.717) is 19.0 Å². The number of rotatable bonds is 6. The SMILES string of the molecule is CC(NCCC(=O)NC1CC1)c1ccc(O)cc1. The monoisotopic (exact) mass is 248 g/mol. The third-order valence-electron chi connectivity index (χ3n) is 3.14. The lowest BCUT2D eigenvalue weighted by molar-refractivity contribution is -0.121. The maximum absolute atomic E-state index is 11.5. The summed E-state index contributed by atoms with van der Waals surface area (Å²) in [6, 6.07) is 7.74. The molecule has 0 aliphatic heterocycles. The minimum absolute atomic E-state index is 0.128. The second-order valence-corrected chi connectivity index (χ2v) is 4.86. The Morgan fingerprint density at radius 3 is 2.67 bits per heavy atom. The van der Waals surface area contributed by atoms with Crippen molar-refractivity contribution in [3.05, 3.63) is 29.8 Å². The van der Waals surface area contributed by atoms with Gasteiger partial charge in [0.2, 0.25) is 5.91 Å². The number of carbonyl (C=O) groups excluding carboxylic acids is 1. The van der Waals surface area contributed by atoms with E-state index >= 15 is 0 Å². The van der Waals surface area contributed by atoms with Crippen molar-refractivity contribution in [1.82, 2.24) is 10.6 Å². The molecular weight excluding hydrogens is 228 g/mol. The molecule has 0 radical (unpaired) electrons. The van der Waals surface area contributed by atoms with Crippen molar-refractivity contribution in [3.8, 4) is 5.75 Å². The quantitative estimate of drug-likeness (QED) is 0.718. The van der Waals surface area contributed by atoms with Gasteiger partial charge in [0.15, 0.2) is 0 Å². The van der Waals surface area contributed by atoms with Gasteiger partial charge in [0, 0.05) is 25.0 Å². The van der Waals surface area contributed by atoms with E-state index in [9.17, 15) is 9.90 Å². The number of aromatic hydroxyl groups is 1. The lowest BCUT2D eigenvalue weighted by Gasteiger charge is -2.14. The minimum atomic E-state index is 0.128. The molecule has 1 atom stereocenters. The van der Waals surface area contributed by atoms with Crippen LogP contribution < -0.4 is 10.6 Å². The van der Waals surface area contributed by atoms with E-state index in [1.54, 1.807) is 12.1 Å². The van der Waals surface area contributed by atoms with E-state index in [1.165, 1.54) is 0 Å². The molecule has 0 spiro atoms. The molecule has 98 valence electrons. The zero-order chi connectivity index (χ0) is 13.0. The summed E-state index contributed by atoms with van der Waals surface area (Å²) in [5, 5.41) is 15.5. The number of hydrogen-bond donors (Lipinski definition) is 3. The lowest BCUT2D eigenvalue weighted by atomic mass is 10.1. The van der Waals surface area contributed by atoms with Crippen LogP contribution in [0.25, 0.3) is 0 Å². The van der Waals surface area contributed by atoms with Gasteiger partial charge in [0.25, 0.3) is 0 Å². The van der Waals surface area contributed by atoms with Gasteiger partial charge in [-0.05, 0) is 37.5 Å². The Labute approximate surface area is 107 Å². The smallest absolute Gasteiger partial charge is 0.221 e. The molecule has 1 aromatic carbocycles. The van der Waals surface area contributed by atoms with Gasteiger partial charge in [-0.25, -0.2) is 0 Å². The molecule has 4 nitrogen and oxygen atoms in total. The zero-order valence-corrected chi connectivity index (χ0v) is 10.6. The van der Waals surface area contributed by atoms with Gasteiger partial charge in [-0.2, -0.15) is 0 Å². The molecule has 1 unspecified atom stereocenters. The van der Waals surface area contributed by atoms with Gasteiger partial charge < -0.3 is 15.7 Å². The number of benzene rings is 1. The fraction of sp³-hybridized carbons (Fsp3) is 0.500. The maximum atomic E-state index is 11.5. The summed E-state index contributed by atoms with van der Waals surface area (Å²) in [6.45, 7) is 2.71. The molecule has 0 aromatic heterocycles. The summed E-state index contributed by atoms with van der Waals surface area (Å²) in [4.78, 5) is 11.5. The van der Waals surface area contributed by atoms with Crippen molar-refractivity contribution in [2.45, 2.75) is 38.3 Å². The summed E-state index contributed by atoms with van der Waals surface area (Å²) >= 11 is 0. The molecule has 1 saturated carbocycles. The third-order valence-corrected chi connectivity index (χ3v) is 3.14. The van der Waals surface area contributed by atoms with Crippen LogP contribution in [0.5, 0.6) is 5.75 Å². The van der Waals surface area contributed by atoms with Gasteiger partial charge in [0.1, 0.15) is 5.75 Å². The third kappa shape index (κ3) is 4.04. The molecule has 0 bridgehead atoms. The van der Waals surface area contributed by atoms with Crippen molar-refractivity contribution in [2.75, 3.05) is 6.54 Å². The first kappa shape index (κ1) is 12.9. The van der Waals surface area contributed by atoms with Crippen LogP contribution in [0.2, 0.25) is 0 Å². The Kier molecular flexibility index (Phi) is 4.20. The average Bonchev–Trinajstić information content (AvgIpc) is 3.13. The molecule has 4 heteroatoms. The van der Waals surface area contributed by atoms with E-state index in [-0.39, 0.29) is 17.7 Å². The van der Waals surface area contributed by atoms with E-state index in [4.69, 9.17) is 0 Å². The van der Waals surface area contributed by atoms with Crippen LogP contribution in [0.1, 0.15) is 37.8 Å². The van der Waals surface area contributed by atoms with Crippen molar-refractivity contribution < 1.29 is 9.90 Å². The van der Waals surface area contributed by atoms with Crippen LogP contribution in [0.4, 0.5) is 0 Å². The van der Waals surface area contributed by atoms with Crippen molar-refractivity contribution in [1.29, 1.82) is 0 Å².